The molecule has 4 nitrogen and oxygen atoms in total. The van der Waals surface area contributed by atoms with Gasteiger partial charge in [-0.3, -0.25) is 9.59 Å². The van der Waals surface area contributed by atoms with Crippen molar-refractivity contribution >= 4 is 11.8 Å². The van der Waals surface area contributed by atoms with Gasteiger partial charge in [-0.25, -0.2) is 0 Å². The van der Waals surface area contributed by atoms with Crippen LogP contribution < -0.4 is 0 Å². The van der Waals surface area contributed by atoms with Crippen LogP contribution in [0.1, 0.15) is 26.7 Å². The van der Waals surface area contributed by atoms with E-state index in [-0.39, 0.29) is 12.4 Å². The normalized spacial score (nSPS) is 12.1. The Balaban J connectivity index is 4.01. The largest absolute Gasteiger partial charge is 0.465 e. The summed E-state index contributed by atoms with van der Waals surface area (Å²) in [4.78, 5) is 21.7. The number of rotatable bonds is 6. The fourth-order valence-corrected chi connectivity index (χ4v) is 0.926. The van der Waals surface area contributed by atoms with Crippen LogP contribution in [0.2, 0.25) is 0 Å². The van der Waals surface area contributed by atoms with Crippen molar-refractivity contribution in [1.29, 1.82) is 5.26 Å². The Bertz CT molecular complexity index is 289. The van der Waals surface area contributed by atoms with Gasteiger partial charge in [0.2, 0.25) is 0 Å². The van der Waals surface area contributed by atoms with Crippen LogP contribution in [0.15, 0.2) is 12.2 Å². The number of Topliss-reactive ketones (excluding diaryl/α,β-unsaturated/α-hetero) is 1. The lowest BCUT2D eigenvalue weighted by Gasteiger charge is -2.04. The van der Waals surface area contributed by atoms with Crippen molar-refractivity contribution in [2.24, 2.45) is 5.92 Å². The maximum absolute atomic E-state index is 11.2. The number of nitriles is 1. The summed E-state index contributed by atoms with van der Waals surface area (Å²) in [6.45, 7) is 3.45. The number of carbonyl (C=O) groups excluding carboxylic acids is 2. The van der Waals surface area contributed by atoms with Crippen LogP contribution in [-0.4, -0.2) is 18.4 Å². The Morgan fingerprint density at radius 3 is 2.60 bits per heavy atom. The van der Waals surface area contributed by atoms with Gasteiger partial charge in [-0.1, -0.05) is 12.2 Å². The molecule has 0 radical (unpaired) electrons. The molecule has 0 aromatic heterocycles. The van der Waals surface area contributed by atoms with Gasteiger partial charge in [-0.05, 0) is 20.3 Å². The van der Waals surface area contributed by atoms with E-state index in [1.807, 2.05) is 6.07 Å². The van der Waals surface area contributed by atoms with Gasteiger partial charge in [0.25, 0.3) is 0 Å². The minimum absolute atomic E-state index is 0.0518. The Labute approximate surface area is 89.5 Å². The summed E-state index contributed by atoms with van der Waals surface area (Å²) in [5, 5.41) is 8.68. The molecule has 1 atom stereocenters. The van der Waals surface area contributed by atoms with Crippen molar-refractivity contribution in [1.82, 2.24) is 0 Å². The number of hydrogen-bond acceptors (Lipinski definition) is 4. The molecule has 0 heterocycles. The Morgan fingerprint density at radius 1 is 1.47 bits per heavy atom. The molecule has 0 aliphatic rings. The molecule has 0 aromatic rings. The number of nitrogens with zero attached hydrogens (tertiary/aromatic N) is 1. The zero-order valence-corrected chi connectivity index (χ0v) is 9.03. The highest BCUT2D eigenvalue weighted by Gasteiger charge is 2.16. The predicted octanol–water partition coefficient (Wildman–Crippen LogP) is 1.61. The van der Waals surface area contributed by atoms with Gasteiger partial charge in [0, 0.05) is 6.42 Å². The van der Waals surface area contributed by atoms with E-state index in [1.54, 1.807) is 19.1 Å². The highest BCUT2D eigenvalue weighted by molar-refractivity contribution is 5.77. The molecule has 15 heavy (non-hydrogen) atoms. The summed E-state index contributed by atoms with van der Waals surface area (Å²) < 4.78 is 4.71. The second-order valence-electron chi connectivity index (χ2n) is 3.05. The highest BCUT2D eigenvalue weighted by atomic mass is 16.5. The Morgan fingerprint density at radius 2 is 2.13 bits per heavy atom. The minimum Gasteiger partial charge on any atom is -0.465 e. The topological polar surface area (TPSA) is 67.2 Å². The van der Waals surface area contributed by atoms with Gasteiger partial charge in [0.05, 0.1) is 12.7 Å². The molecule has 0 bridgehead atoms. The van der Waals surface area contributed by atoms with Crippen molar-refractivity contribution < 1.29 is 14.3 Å². The standard InChI is InChI=1S/C11H15NO3/c1-3-15-11(14)10(8-12)7-5-4-6-9(2)13/h4-5,10H,3,6-7H2,1-2H3/b5-4+. The molecule has 0 N–H and O–H groups in total. The van der Waals surface area contributed by atoms with E-state index in [1.165, 1.54) is 6.92 Å². The van der Waals surface area contributed by atoms with Crippen LogP contribution in [0.3, 0.4) is 0 Å². The van der Waals surface area contributed by atoms with Gasteiger partial charge >= 0.3 is 5.97 Å². The number of ether oxygens (including phenoxy) is 1. The zero-order chi connectivity index (χ0) is 11.7. The quantitative estimate of drug-likeness (QED) is 0.492. The zero-order valence-electron chi connectivity index (χ0n) is 9.03. The fourth-order valence-electron chi connectivity index (χ4n) is 0.926. The van der Waals surface area contributed by atoms with Crippen LogP contribution in [0, 0.1) is 17.2 Å². The SMILES string of the molecule is CCOC(=O)C(C#N)C/C=C/CC(C)=O. The summed E-state index contributed by atoms with van der Waals surface area (Å²) >= 11 is 0. The van der Waals surface area contributed by atoms with Crippen LogP contribution in [0.5, 0.6) is 0 Å². The van der Waals surface area contributed by atoms with E-state index in [0.717, 1.165) is 0 Å². The van der Waals surface area contributed by atoms with Crippen molar-refractivity contribution in [2.45, 2.75) is 26.7 Å². The first-order valence-electron chi connectivity index (χ1n) is 4.82. The minimum atomic E-state index is -0.770. The lowest BCUT2D eigenvalue weighted by Crippen LogP contribution is -2.15. The second-order valence-corrected chi connectivity index (χ2v) is 3.05. The molecule has 0 aliphatic carbocycles. The predicted molar refractivity (Wildman–Crippen MR) is 54.8 cm³/mol. The third-order valence-electron chi connectivity index (χ3n) is 1.67. The van der Waals surface area contributed by atoms with Crippen molar-refractivity contribution in [3.05, 3.63) is 12.2 Å². The van der Waals surface area contributed by atoms with Gasteiger partial charge in [0.15, 0.2) is 0 Å². The van der Waals surface area contributed by atoms with E-state index in [9.17, 15) is 9.59 Å². The summed E-state index contributed by atoms with van der Waals surface area (Å²) in [5.41, 5.74) is 0. The molecule has 0 fully saturated rings. The molecule has 0 amide bonds. The molecule has 4 heteroatoms. The van der Waals surface area contributed by atoms with Gasteiger partial charge in [0.1, 0.15) is 11.7 Å². The monoisotopic (exact) mass is 209 g/mol. The molecule has 0 rings (SSSR count). The Hall–Kier alpha value is -1.63. The molecule has 0 aliphatic heterocycles. The molecule has 1 unspecified atom stereocenters. The van der Waals surface area contributed by atoms with Crippen LogP contribution in [0.4, 0.5) is 0 Å². The van der Waals surface area contributed by atoms with Crippen LogP contribution in [0.25, 0.3) is 0 Å². The first kappa shape index (κ1) is 13.4. The third kappa shape index (κ3) is 6.44. The second kappa shape index (κ2) is 7.74. The molecular formula is C11H15NO3. The number of carbonyl (C=O) groups is 2. The smallest absolute Gasteiger partial charge is 0.323 e. The summed E-state index contributed by atoms with van der Waals surface area (Å²) in [6.07, 6.45) is 3.95. The summed E-state index contributed by atoms with van der Waals surface area (Å²) in [6, 6.07) is 1.86. The molecule has 0 saturated carbocycles. The summed E-state index contributed by atoms with van der Waals surface area (Å²) in [7, 11) is 0. The summed E-state index contributed by atoms with van der Waals surface area (Å²) in [5.74, 6) is -1.23. The first-order chi connectivity index (χ1) is 7.11. The molecule has 0 spiro atoms. The average molecular weight is 209 g/mol. The van der Waals surface area contributed by atoms with Crippen molar-refractivity contribution in [3.8, 4) is 6.07 Å². The van der Waals surface area contributed by atoms with E-state index in [4.69, 9.17) is 10.00 Å². The van der Waals surface area contributed by atoms with Crippen LogP contribution in [-0.2, 0) is 14.3 Å². The average Bonchev–Trinajstić information content (AvgIpc) is 2.17. The third-order valence-corrected chi connectivity index (χ3v) is 1.67. The van der Waals surface area contributed by atoms with Crippen molar-refractivity contribution in [2.75, 3.05) is 6.61 Å². The number of allylic oxidation sites excluding steroid dienone is 2. The number of ketones is 1. The van der Waals surface area contributed by atoms with E-state index in [2.05, 4.69) is 0 Å². The lowest BCUT2D eigenvalue weighted by atomic mass is 10.1. The van der Waals surface area contributed by atoms with E-state index < -0.39 is 11.9 Å². The molecule has 82 valence electrons. The molecule has 0 aromatic carbocycles. The van der Waals surface area contributed by atoms with Gasteiger partial charge < -0.3 is 4.74 Å². The van der Waals surface area contributed by atoms with Crippen LogP contribution >= 0.6 is 0 Å². The number of esters is 1. The van der Waals surface area contributed by atoms with E-state index >= 15 is 0 Å². The van der Waals surface area contributed by atoms with Gasteiger partial charge in [-0.15, -0.1) is 0 Å². The number of hydrogen-bond donors (Lipinski definition) is 0. The molecular weight excluding hydrogens is 194 g/mol. The lowest BCUT2D eigenvalue weighted by molar-refractivity contribution is -0.145. The maximum Gasteiger partial charge on any atom is 0.323 e. The highest BCUT2D eigenvalue weighted by Crippen LogP contribution is 2.06. The van der Waals surface area contributed by atoms with Gasteiger partial charge in [-0.2, -0.15) is 5.26 Å². The Kier molecular flexibility index (Phi) is 6.90. The first-order valence-corrected chi connectivity index (χ1v) is 4.82. The molecule has 0 saturated heterocycles. The van der Waals surface area contributed by atoms with Crippen molar-refractivity contribution in [3.63, 3.8) is 0 Å². The van der Waals surface area contributed by atoms with E-state index in [0.29, 0.717) is 12.8 Å². The fraction of sp³-hybridized carbons (Fsp3) is 0.545. The maximum atomic E-state index is 11.2.